The van der Waals surface area contributed by atoms with Crippen molar-refractivity contribution >= 4 is 52.7 Å². The molecule has 0 aromatic rings. The molecule has 0 aliphatic heterocycles. The fourth-order valence-corrected chi connectivity index (χ4v) is 1.20. The molecule has 0 saturated heterocycles. The first-order valence-electron chi connectivity index (χ1n) is 4.07. The molecule has 0 aliphatic rings. The Morgan fingerprint density at radius 1 is 0.529 bits per heavy atom. The standard InChI is InChI=1S/C10H12O4.2H3N.Na.H/c1-5(11)9(6(2)12)10(7(3)13)8(4)14;;;;/h1-4H3;2*1H3;;. The maximum atomic E-state index is 11.1. The van der Waals surface area contributed by atoms with Crippen LogP contribution in [0.15, 0.2) is 11.1 Å². The summed E-state index contributed by atoms with van der Waals surface area (Å²) in [5.41, 5.74) is -0.602. The Kier molecular flexibility index (Phi) is 15.6. The molecule has 0 bridgehead atoms. The number of rotatable bonds is 4. The van der Waals surface area contributed by atoms with Crippen molar-refractivity contribution < 1.29 is 19.2 Å². The van der Waals surface area contributed by atoms with Crippen molar-refractivity contribution in [2.45, 2.75) is 27.7 Å². The zero-order valence-electron chi connectivity index (χ0n) is 10.0. The van der Waals surface area contributed by atoms with Crippen LogP contribution in [0.3, 0.4) is 0 Å². The zero-order chi connectivity index (χ0) is 11.5. The average Bonchev–Trinajstić information content (AvgIpc) is 1.96. The molecule has 0 amide bonds. The van der Waals surface area contributed by atoms with Crippen LogP contribution in [-0.4, -0.2) is 52.7 Å². The second-order valence-electron chi connectivity index (χ2n) is 2.97. The molecule has 0 radical (unpaired) electrons. The molecule has 0 saturated carbocycles. The summed E-state index contributed by atoms with van der Waals surface area (Å²) < 4.78 is 0. The minimum atomic E-state index is -0.557. The number of Topliss-reactive ketones (excluding diaryl/α,β-unsaturated/α-hetero) is 4. The van der Waals surface area contributed by atoms with Crippen LogP contribution in [0, 0.1) is 0 Å². The van der Waals surface area contributed by atoms with Crippen LogP contribution in [0.4, 0.5) is 0 Å². The molecule has 6 N–H and O–H groups in total. The average molecular weight is 254 g/mol. The van der Waals surface area contributed by atoms with Gasteiger partial charge in [0, 0.05) is 0 Å². The summed E-state index contributed by atoms with van der Waals surface area (Å²) in [6.07, 6.45) is 0. The van der Waals surface area contributed by atoms with Crippen LogP contribution >= 0.6 is 0 Å². The van der Waals surface area contributed by atoms with Gasteiger partial charge in [0.1, 0.15) is 0 Å². The van der Waals surface area contributed by atoms with E-state index >= 15 is 0 Å². The molecule has 94 valence electrons. The van der Waals surface area contributed by atoms with Gasteiger partial charge < -0.3 is 12.3 Å². The van der Waals surface area contributed by atoms with Gasteiger partial charge in [0.05, 0.1) is 11.1 Å². The summed E-state index contributed by atoms with van der Waals surface area (Å²) in [6, 6.07) is 0. The molecule has 0 spiro atoms. The Balaban J connectivity index is -0.000000282. The maximum absolute atomic E-state index is 11.1. The van der Waals surface area contributed by atoms with E-state index in [0.717, 1.165) is 27.7 Å². The minimum absolute atomic E-state index is 0. The molecule has 17 heavy (non-hydrogen) atoms. The van der Waals surface area contributed by atoms with Gasteiger partial charge in [0.25, 0.3) is 0 Å². The van der Waals surface area contributed by atoms with E-state index < -0.39 is 23.1 Å². The third-order valence-corrected chi connectivity index (χ3v) is 1.66. The van der Waals surface area contributed by atoms with Gasteiger partial charge in [-0.15, -0.1) is 0 Å². The Labute approximate surface area is 123 Å². The van der Waals surface area contributed by atoms with Gasteiger partial charge in [0.15, 0.2) is 23.1 Å². The van der Waals surface area contributed by atoms with E-state index in [9.17, 15) is 19.2 Å². The van der Waals surface area contributed by atoms with Gasteiger partial charge in [-0.25, -0.2) is 0 Å². The van der Waals surface area contributed by atoms with Crippen molar-refractivity contribution in [1.29, 1.82) is 0 Å². The second kappa shape index (κ2) is 10.5. The van der Waals surface area contributed by atoms with Crippen LogP contribution in [0.25, 0.3) is 0 Å². The van der Waals surface area contributed by atoms with E-state index in [1.54, 1.807) is 0 Å². The topological polar surface area (TPSA) is 138 Å². The molecule has 7 heteroatoms. The number of carbonyl (C=O) groups is 4. The van der Waals surface area contributed by atoms with Gasteiger partial charge >= 0.3 is 29.6 Å². The summed E-state index contributed by atoms with van der Waals surface area (Å²) in [5, 5.41) is 0. The molecule has 0 fully saturated rings. The van der Waals surface area contributed by atoms with Crippen LogP contribution in [0.2, 0.25) is 0 Å². The zero-order valence-corrected chi connectivity index (χ0v) is 10.0. The molecular formula is C10H19N2NaO4. The number of hydrogen-bond donors (Lipinski definition) is 2. The van der Waals surface area contributed by atoms with E-state index in [-0.39, 0.29) is 53.0 Å². The first-order chi connectivity index (χ1) is 6.29. The Bertz CT molecular complexity index is 295. The van der Waals surface area contributed by atoms with Gasteiger partial charge in [-0.2, -0.15) is 0 Å². The van der Waals surface area contributed by atoms with E-state index in [1.165, 1.54) is 0 Å². The third-order valence-electron chi connectivity index (χ3n) is 1.66. The van der Waals surface area contributed by atoms with Crippen molar-refractivity contribution in [2.75, 3.05) is 0 Å². The monoisotopic (exact) mass is 254 g/mol. The van der Waals surface area contributed by atoms with Gasteiger partial charge in [-0.3, -0.25) is 19.2 Å². The predicted octanol–water partition coefficient (Wildman–Crippen LogP) is 0.314. The Morgan fingerprint density at radius 3 is 0.706 bits per heavy atom. The number of hydrogen-bond acceptors (Lipinski definition) is 6. The van der Waals surface area contributed by atoms with Crippen LogP contribution in [0.1, 0.15) is 27.7 Å². The summed E-state index contributed by atoms with van der Waals surface area (Å²) in [4.78, 5) is 44.2. The van der Waals surface area contributed by atoms with Crippen LogP contribution in [0.5, 0.6) is 0 Å². The van der Waals surface area contributed by atoms with E-state index in [2.05, 4.69) is 0 Å². The van der Waals surface area contributed by atoms with Gasteiger partial charge in [0.2, 0.25) is 0 Å². The molecule has 0 rings (SSSR count). The van der Waals surface area contributed by atoms with E-state index in [4.69, 9.17) is 0 Å². The van der Waals surface area contributed by atoms with Crippen molar-refractivity contribution in [3.63, 3.8) is 0 Å². The second-order valence-corrected chi connectivity index (χ2v) is 2.97. The number of allylic oxidation sites excluding steroid dienone is 2. The van der Waals surface area contributed by atoms with Crippen molar-refractivity contribution in [1.82, 2.24) is 12.3 Å². The van der Waals surface area contributed by atoms with Crippen LogP contribution < -0.4 is 12.3 Å². The third kappa shape index (κ3) is 7.30. The normalized spacial score (nSPS) is 7.53. The summed E-state index contributed by atoms with van der Waals surface area (Å²) in [5.74, 6) is -2.23. The molecular weight excluding hydrogens is 235 g/mol. The Morgan fingerprint density at radius 2 is 0.647 bits per heavy atom. The van der Waals surface area contributed by atoms with Crippen molar-refractivity contribution in [3.05, 3.63) is 11.1 Å². The number of ketones is 4. The first kappa shape index (κ1) is 25.3. The predicted molar refractivity (Wildman–Crippen MR) is 66.9 cm³/mol. The SMILES string of the molecule is CC(=O)C(C(C)=O)=C(C(C)=O)C(C)=O.N.N.[NaH]. The molecule has 6 nitrogen and oxygen atoms in total. The quantitative estimate of drug-likeness (QED) is 0.320. The molecule has 0 unspecified atom stereocenters. The molecule has 0 atom stereocenters. The fraction of sp³-hybridized carbons (Fsp3) is 0.400. The Hall–Kier alpha value is -0.660. The molecule has 0 heterocycles. The summed E-state index contributed by atoms with van der Waals surface area (Å²) in [7, 11) is 0. The van der Waals surface area contributed by atoms with Crippen molar-refractivity contribution in [3.8, 4) is 0 Å². The van der Waals surface area contributed by atoms with E-state index in [0.29, 0.717) is 0 Å². The molecule has 0 aromatic carbocycles. The van der Waals surface area contributed by atoms with Gasteiger partial charge in [-0.05, 0) is 27.7 Å². The van der Waals surface area contributed by atoms with E-state index in [1.807, 2.05) is 0 Å². The van der Waals surface area contributed by atoms with Gasteiger partial charge in [-0.1, -0.05) is 0 Å². The van der Waals surface area contributed by atoms with Crippen molar-refractivity contribution in [2.24, 2.45) is 0 Å². The number of carbonyl (C=O) groups excluding carboxylic acids is 4. The van der Waals surface area contributed by atoms with Crippen LogP contribution in [-0.2, 0) is 19.2 Å². The molecule has 0 aliphatic carbocycles. The summed E-state index contributed by atoms with van der Waals surface area (Å²) in [6.45, 7) is 4.62. The molecule has 0 aromatic heterocycles. The fourth-order valence-electron chi connectivity index (χ4n) is 1.20. The summed E-state index contributed by atoms with van der Waals surface area (Å²) >= 11 is 0. The first-order valence-corrected chi connectivity index (χ1v) is 4.07.